The summed E-state index contributed by atoms with van der Waals surface area (Å²) in [5, 5.41) is 7.56. The Kier molecular flexibility index (Phi) is 2.37. The lowest BCUT2D eigenvalue weighted by molar-refractivity contribution is 0.0829. The maximum absolute atomic E-state index is 12.2. The summed E-state index contributed by atoms with van der Waals surface area (Å²) in [6.45, 7) is 4.35. The van der Waals surface area contributed by atoms with Gasteiger partial charge in [0.15, 0.2) is 5.78 Å². The normalized spacial score (nSPS) is 24.3. The van der Waals surface area contributed by atoms with Crippen LogP contribution in [0.4, 0.5) is 0 Å². The Balaban J connectivity index is 2.26. The first kappa shape index (κ1) is 10.3. The molecule has 0 N–H and O–H groups in total. The first-order valence-corrected chi connectivity index (χ1v) is 5.41. The van der Waals surface area contributed by atoms with Crippen molar-refractivity contribution < 1.29 is 4.79 Å². The molecule has 1 saturated carbocycles. The van der Waals surface area contributed by atoms with Crippen molar-refractivity contribution in [3.05, 3.63) is 11.9 Å². The molecule has 4 heteroatoms. The number of hydrogen-bond donors (Lipinski definition) is 0. The molecule has 1 fully saturated rings. The molecule has 0 aliphatic heterocycles. The van der Waals surface area contributed by atoms with Crippen LogP contribution in [0.1, 0.15) is 43.6 Å². The number of nitrogens with zero attached hydrogens (tertiary/aromatic N) is 3. The molecule has 0 amide bonds. The van der Waals surface area contributed by atoms with Crippen LogP contribution in [0.5, 0.6) is 0 Å². The third-order valence-electron chi connectivity index (χ3n) is 3.54. The average Bonchev–Trinajstić information content (AvgIpc) is 2.70. The second kappa shape index (κ2) is 3.43. The van der Waals surface area contributed by atoms with Crippen LogP contribution in [0.15, 0.2) is 6.20 Å². The van der Waals surface area contributed by atoms with Gasteiger partial charge in [0.2, 0.25) is 0 Å². The van der Waals surface area contributed by atoms with Gasteiger partial charge in [0.25, 0.3) is 0 Å². The number of hydrogen-bond acceptors (Lipinski definition) is 3. The molecule has 2 rings (SSSR count). The fourth-order valence-corrected chi connectivity index (χ4v) is 2.50. The van der Waals surface area contributed by atoms with Gasteiger partial charge in [0.05, 0.1) is 6.20 Å². The van der Waals surface area contributed by atoms with Gasteiger partial charge < -0.3 is 0 Å². The van der Waals surface area contributed by atoms with Crippen LogP contribution in [0.3, 0.4) is 0 Å². The second-order valence-electron chi connectivity index (χ2n) is 5.04. The van der Waals surface area contributed by atoms with E-state index in [4.69, 9.17) is 0 Å². The van der Waals surface area contributed by atoms with E-state index < -0.39 is 0 Å². The minimum atomic E-state index is 0.126. The number of ketones is 1. The van der Waals surface area contributed by atoms with E-state index in [9.17, 15) is 4.79 Å². The van der Waals surface area contributed by atoms with Crippen LogP contribution >= 0.6 is 0 Å². The number of carbonyl (C=O) groups excluding carboxylic acids is 1. The van der Waals surface area contributed by atoms with Crippen LogP contribution in [0, 0.1) is 11.3 Å². The number of Topliss-reactive ketones (excluding diaryl/α,β-unsaturated/α-hetero) is 1. The van der Waals surface area contributed by atoms with Crippen molar-refractivity contribution in [3.8, 4) is 0 Å². The van der Waals surface area contributed by atoms with Crippen molar-refractivity contribution in [2.75, 3.05) is 0 Å². The number of carbonyl (C=O) groups is 1. The maximum Gasteiger partial charge on any atom is 0.186 e. The monoisotopic (exact) mass is 207 g/mol. The van der Waals surface area contributed by atoms with Gasteiger partial charge in [0, 0.05) is 13.0 Å². The van der Waals surface area contributed by atoms with Crippen molar-refractivity contribution in [2.24, 2.45) is 18.4 Å². The van der Waals surface area contributed by atoms with Crippen molar-refractivity contribution in [1.82, 2.24) is 15.0 Å². The molecule has 1 aromatic rings. The van der Waals surface area contributed by atoms with Gasteiger partial charge in [-0.1, -0.05) is 25.5 Å². The predicted octanol–water partition coefficient (Wildman–Crippen LogP) is 1.82. The zero-order valence-corrected chi connectivity index (χ0v) is 9.53. The van der Waals surface area contributed by atoms with Crippen LogP contribution in [-0.2, 0) is 7.05 Å². The zero-order valence-electron chi connectivity index (χ0n) is 9.53. The smallest absolute Gasteiger partial charge is 0.186 e. The van der Waals surface area contributed by atoms with Crippen molar-refractivity contribution in [2.45, 2.75) is 33.1 Å². The van der Waals surface area contributed by atoms with Crippen LogP contribution < -0.4 is 0 Å². The Labute approximate surface area is 89.7 Å². The molecule has 15 heavy (non-hydrogen) atoms. The minimum absolute atomic E-state index is 0.126. The lowest BCUT2D eigenvalue weighted by Crippen LogP contribution is -2.27. The summed E-state index contributed by atoms with van der Waals surface area (Å²) in [7, 11) is 1.77. The van der Waals surface area contributed by atoms with Gasteiger partial charge in [-0.25, -0.2) is 4.68 Å². The summed E-state index contributed by atoms with van der Waals surface area (Å²) in [4.78, 5) is 12.2. The van der Waals surface area contributed by atoms with Gasteiger partial charge in [-0.15, -0.1) is 5.10 Å². The molecule has 0 bridgehead atoms. The highest BCUT2D eigenvalue weighted by atomic mass is 16.1. The van der Waals surface area contributed by atoms with E-state index in [-0.39, 0.29) is 17.1 Å². The molecule has 1 unspecified atom stereocenters. The Morgan fingerprint density at radius 1 is 1.60 bits per heavy atom. The molecule has 0 radical (unpaired) electrons. The zero-order chi connectivity index (χ0) is 11.1. The molecule has 1 aliphatic carbocycles. The van der Waals surface area contributed by atoms with E-state index in [1.165, 1.54) is 0 Å². The second-order valence-corrected chi connectivity index (χ2v) is 5.04. The highest BCUT2D eigenvalue weighted by Crippen LogP contribution is 2.43. The van der Waals surface area contributed by atoms with Gasteiger partial charge in [-0.05, 0) is 18.3 Å². The van der Waals surface area contributed by atoms with Crippen molar-refractivity contribution >= 4 is 5.78 Å². The standard InChI is InChI=1S/C11H17N3O/c1-11(2)6-4-5-8(11)10(15)9-7-12-13-14(9)3/h7-8H,4-6H2,1-3H3. The lowest BCUT2D eigenvalue weighted by Gasteiger charge is -2.25. The quantitative estimate of drug-likeness (QED) is 0.695. The van der Waals surface area contributed by atoms with Gasteiger partial charge in [-0.3, -0.25) is 4.79 Å². The van der Waals surface area contributed by atoms with Gasteiger partial charge in [-0.2, -0.15) is 0 Å². The largest absolute Gasteiger partial charge is 0.292 e. The van der Waals surface area contributed by atoms with Crippen molar-refractivity contribution in [1.29, 1.82) is 0 Å². The lowest BCUT2D eigenvalue weighted by atomic mass is 9.79. The van der Waals surface area contributed by atoms with Crippen molar-refractivity contribution in [3.63, 3.8) is 0 Å². The van der Waals surface area contributed by atoms with E-state index in [1.54, 1.807) is 17.9 Å². The Hall–Kier alpha value is -1.19. The van der Waals surface area contributed by atoms with Gasteiger partial charge >= 0.3 is 0 Å². The van der Waals surface area contributed by atoms with Crippen LogP contribution in [-0.4, -0.2) is 20.8 Å². The molecule has 0 spiro atoms. The number of aryl methyl sites for hydroxylation is 1. The first-order chi connectivity index (χ1) is 7.02. The maximum atomic E-state index is 12.2. The van der Waals surface area contributed by atoms with E-state index in [0.717, 1.165) is 19.3 Å². The first-order valence-electron chi connectivity index (χ1n) is 5.41. The topological polar surface area (TPSA) is 47.8 Å². The van der Waals surface area contributed by atoms with Crippen LogP contribution in [0.2, 0.25) is 0 Å². The molecule has 1 aliphatic rings. The Morgan fingerprint density at radius 2 is 2.33 bits per heavy atom. The molecular weight excluding hydrogens is 190 g/mol. The third kappa shape index (κ3) is 1.68. The summed E-state index contributed by atoms with van der Waals surface area (Å²) >= 11 is 0. The molecule has 1 aromatic heterocycles. The van der Waals surface area contributed by atoms with Gasteiger partial charge in [0.1, 0.15) is 5.69 Å². The fraction of sp³-hybridized carbons (Fsp3) is 0.727. The molecule has 4 nitrogen and oxygen atoms in total. The summed E-state index contributed by atoms with van der Waals surface area (Å²) in [5.74, 6) is 0.333. The third-order valence-corrected chi connectivity index (χ3v) is 3.54. The molecule has 1 heterocycles. The Morgan fingerprint density at radius 3 is 2.80 bits per heavy atom. The summed E-state index contributed by atoms with van der Waals surface area (Å²) in [6, 6.07) is 0. The van der Waals surface area contributed by atoms with Crippen LogP contribution in [0.25, 0.3) is 0 Å². The molecule has 1 atom stereocenters. The van der Waals surface area contributed by atoms with E-state index in [0.29, 0.717) is 5.69 Å². The van der Waals surface area contributed by atoms with E-state index in [2.05, 4.69) is 24.2 Å². The summed E-state index contributed by atoms with van der Waals surface area (Å²) in [5.41, 5.74) is 0.761. The fourth-order valence-electron chi connectivity index (χ4n) is 2.50. The van der Waals surface area contributed by atoms with E-state index in [1.807, 2.05) is 0 Å². The summed E-state index contributed by atoms with van der Waals surface area (Å²) in [6.07, 6.45) is 4.84. The number of aromatic nitrogens is 3. The molecular formula is C11H17N3O. The SMILES string of the molecule is Cn1nncc1C(=O)C1CCCC1(C)C. The Bertz CT molecular complexity index is 381. The number of rotatable bonds is 2. The van der Waals surface area contributed by atoms with E-state index >= 15 is 0 Å². The molecule has 82 valence electrons. The molecule has 0 saturated heterocycles. The highest BCUT2D eigenvalue weighted by Gasteiger charge is 2.40. The average molecular weight is 207 g/mol. The highest BCUT2D eigenvalue weighted by molar-refractivity contribution is 5.96. The minimum Gasteiger partial charge on any atom is -0.292 e. The predicted molar refractivity (Wildman–Crippen MR) is 56.5 cm³/mol. The summed E-state index contributed by atoms with van der Waals surface area (Å²) < 4.78 is 1.57. The molecule has 0 aromatic carbocycles.